The van der Waals surface area contributed by atoms with Gasteiger partial charge in [-0.2, -0.15) is 5.10 Å². The van der Waals surface area contributed by atoms with E-state index in [9.17, 15) is 4.79 Å². The standard InChI is InChI=1S/C13H23N3O2/c1-4-10(6-7-17)8-14-13(18)11-9-16(3)15-12(11)5-2/h9-10,17H,4-8H2,1-3H3,(H,14,18). The normalized spacial score (nSPS) is 12.4. The highest BCUT2D eigenvalue weighted by molar-refractivity contribution is 5.95. The Bertz CT molecular complexity index is 388. The van der Waals surface area contributed by atoms with Crippen LogP contribution in [0.1, 0.15) is 42.7 Å². The molecule has 0 fully saturated rings. The van der Waals surface area contributed by atoms with E-state index in [-0.39, 0.29) is 12.5 Å². The van der Waals surface area contributed by atoms with Gasteiger partial charge in [0.2, 0.25) is 0 Å². The number of aryl methyl sites for hydroxylation is 2. The second-order valence-corrected chi connectivity index (χ2v) is 4.51. The van der Waals surface area contributed by atoms with Crippen molar-refractivity contribution in [3.8, 4) is 0 Å². The summed E-state index contributed by atoms with van der Waals surface area (Å²) in [4.78, 5) is 12.0. The lowest BCUT2D eigenvalue weighted by Gasteiger charge is -2.14. The van der Waals surface area contributed by atoms with Gasteiger partial charge in [-0.3, -0.25) is 9.48 Å². The second kappa shape index (κ2) is 7.16. The number of amides is 1. The fraction of sp³-hybridized carbons (Fsp3) is 0.692. The molecule has 102 valence electrons. The van der Waals surface area contributed by atoms with Crippen LogP contribution in [0.5, 0.6) is 0 Å². The lowest BCUT2D eigenvalue weighted by Crippen LogP contribution is -2.30. The number of carbonyl (C=O) groups is 1. The summed E-state index contributed by atoms with van der Waals surface area (Å²) in [5.74, 6) is 0.261. The van der Waals surface area contributed by atoms with E-state index in [2.05, 4.69) is 17.3 Å². The predicted molar refractivity (Wildman–Crippen MR) is 70.4 cm³/mol. The number of aliphatic hydroxyl groups excluding tert-OH is 1. The van der Waals surface area contributed by atoms with Crippen molar-refractivity contribution in [2.45, 2.75) is 33.1 Å². The minimum absolute atomic E-state index is 0.0728. The summed E-state index contributed by atoms with van der Waals surface area (Å²) in [6.45, 7) is 4.82. The van der Waals surface area contributed by atoms with E-state index >= 15 is 0 Å². The largest absolute Gasteiger partial charge is 0.396 e. The molecule has 0 aliphatic carbocycles. The Morgan fingerprint density at radius 3 is 2.83 bits per heavy atom. The number of aliphatic hydroxyl groups is 1. The number of carbonyl (C=O) groups excluding carboxylic acids is 1. The van der Waals surface area contributed by atoms with Gasteiger partial charge in [0.1, 0.15) is 0 Å². The first-order chi connectivity index (χ1) is 8.62. The van der Waals surface area contributed by atoms with Crippen LogP contribution >= 0.6 is 0 Å². The van der Waals surface area contributed by atoms with E-state index in [4.69, 9.17) is 5.11 Å². The molecular formula is C13H23N3O2. The molecule has 1 rings (SSSR count). The van der Waals surface area contributed by atoms with E-state index in [0.717, 1.165) is 25.0 Å². The van der Waals surface area contributed by atoms with Crippen molar-refractivity contribution in [3.05, 3.63) is 17.5 Å². The first kappa shape index (κ1) is 14.7. The van der Waals surface area contributed by atoms with Crippen molar-refractivity contribution >= 4 is 5.91 Å². The lowest BCUT2D eigenvalue weighted by atomic mass is 10.0. The molecule has 0 radical (unpaired) electrons. The van der Waals surface area contributed by atoms with Crippen molar-refractivity contribution < 1.29 is 9.90 Å². The van der Waals surface area contributed by atoms with E-state index < -0.39 is 0 Å². The molecule has 0 saturated carbocycles. The first-order valence-electron chi connectivity index (χ1n) is 6.53. The topological polar surface area (TPSA) is 67.2 Å². The molecule has 0 aromatic carbocycles. The zero-order valence-electron chi connectivity index (χ0n) is 11.4. The molecule has 0 spiro atoms. The fourth-order valence-corrected chi connectivity index (χ4v) is 1.95. The van der Waals surface area contributed by atoms with Crippen LogP contribution in [0.15, 0.2) is 6.20 Å². The molecule has 0 saturated heterocycles. The summed E-state index contributed by atoms with van der Waals surface area (Å²) in [6, 6.07) is 0. The Morgan fingerprint density at radius 1 is 1.56 bits per heavy atom. The number of nitrogens with one attached hydrogen (secondary N) is 1. The van der Waals surface area contributed by atoms with Gasteiger partial charge < -0.3 is 10.4 Å². The van der Waals surface area contributed by atoms with E-state index in [1.165, 1.54) is 0 Å². The van der Waals surface area contributed by atoms with Gasteiger partial charge >= 0.3 is 0 Å². The molecule has 1 heterocycles. The number of hydrogen-bond donors (Lipinski definition) is 2. The molecule has 5 heteroatoms. The smallest absolute Gasteiger partial charge is 0.254 e. The van der Waals surface area contributed by atoms with Crippen LogP contribution in [0.3, 0.4) is 0 Å². The molecule has 1 aromatic heterocycles. The molecule has 1 unspecified atom stereocenters. The van der Waals surface area contributed by atoms with Crippen molar-refractivity contribution in [3.63, 3.8) is 0 Å². The number of aromatic nitrogens is 2. The lowest BCUT2D eigenvalue weighted by molar-refractivity contribution is 0.0942. The fourth-order valence-electron chi connectivity index (χ4n) is 1.95. The predicted octanol–water partition coefficient (Wildman–Crippen LogP) is 1.12. The molecule has 0 aliphatic heterocycles. The Labute approximate surface area is 108 Å². The van der Waals surface area contributed by atoms with Crippen LogP contribution in [0.25, 0.3) is 0 Å². The maximum atomic E-state index is 12.0. The maximum absolute atomic E-state index is 12.0. The minimum Gasteiger partial charge on any atom is -0.396 e. The van der Waals surface area contributed by atoms with Crippen LogP contribution in [0.4, 0.5) is 0 Å². The Kier molecular flexibility index (Phi) is 5.85. The van der Waals surface area contributed by atoms with Gasteiger partial charge in [0.15, 0.2) is 0 Å². The van der Waals surface area contributed by atoms with Crippen LogP contribution in [-0.4, -0.2) is 33.9 Å². The summed E-state index contributed by atoms with van der Waals surface area (Å²) in [5, 5.41) is 16.1. The number of hydrogen-bond acceptors (Lipinski definition) is 3. The number of rotatable bonds is 7. The molecule has 18 heavy (non-hydrogen) atoms. The monoisotopic (exact) mass is 253 g/mol. The third-order valence-electron chi connectivity index (χ3n) is 3.15. The van der Waals surface area contributed by atoms with Gasteiger partial charge in [-0.15, -0.1) is 0 Å². The summed E-state index contributed by atoms with van der Waals surface area (Å²) < 4.78 is 1.67. The van der Waals surface area contributed by atoms with Crippen LogP contribution in [0, 0.1) is 5.92 Å². The molecule has 1 atom stereocenters. The summed E-state index contributed by atoms with van der Waals surface area (Å²) in [6.07, 6.45) is 4.18. The van der Waals surface area contributed by atoms with Crippen molar-refractivity contribution in [1.29, 1.82) is 0 Å². The molecular weight excluding hydrogens is 230 g/mol. The van der Waals surface area contributed by atoms with Gasteiger partial charge in [-0.05, 0) is 18.8 Å². The molecule has 1 aromatic rings. The zero-order valence-corrected chi connectivity index (χ0v) is 11.4. The van der Waals surface area contributed by atoms with Gasteiger partial charge in [0.05, 0.1) is 11.3 Å². The van der Waals surface area contributed by atoms with Crippen LogP contribution < -0.4 is 5.32 Å². The van der Waals surface area contributed by atoms with Crippen LogP contribution in [-0.2, 0) is 13.5 Å². The minimum atomic E-state index is -0.0728. The average Bonchev–Trinajstić information content (AvgIpc) is 2.75. The van der Waals surface area contributed by atoms with E-state index in [0.29, 0.717) is 18.0 Å². The van der Waals surface area contributed by atoms with Crippen molar-refractivity contribution in [2.24, 2.45) is 13.0 Å². The van der Waals surface area contributed by atoms with Gasteiger partial charge in [0.25, 0.3) is 5.91 Å². The SMILES string of the molecule is CCc1nn(C)cc1C(=O)NCC(CC)CCO. The molecule has 2 N–H and O–H groups in total. The Morgan fingerprint density at radius 2 is 2.28 bits per heavy atom. The highest BCUT2D eigenvalue weighted by atomic mass is 16.3. The summed E-state index contributed by atoms with van der Waals surface area (Å²) in [5.41, 5.74) is 1.48. The highest BCUT2D eigenvalue weighted by Gasteiger charge is 2.15. The Hall–Kier alpha value is -1.36. The van der Waals surface area contributed by atoms with Gasteiger partial charge in [-0.1, -0.05) is 20.3 Å². The molecule has 5 nitrogen and oxygen atoms in total. The molecule has 1 amide bonds. The Balaban J connectivity index is 2.59. The van der Waals surface area contributed by atoms with Gasteiger partial charge in [-0.25, -0.2) is 0 Å². The molecule has 0 bridgehead atoms. The number of nitrogens with zero attached hydrogens (tertiary/aromatic N) is 2. The first-order valence-corrected chi connectivity index (χ1v) is 6.53. The zero-order chi connectivity index (χ0) is 13.5. The van der Waals surface area contributed by atoms with E-state index in [1.54, 1.807) is 10.9 Å². The van der Waals surface area contributed by atoms with E-state index in [1.807, 2.05) is 14.0 Å². The second-order valence-electron chi connectivity index (χ2n) is 4.51. The highest BCUT2D eigenvalue weighted by Crippen LogP contribution is 2.09. The average molecular weight is 253 g/mol. The van der Waals surface area contributed by atoms with Crippen molar-refractivity contribution in [2.75, 3.05) is 13.2 Å². The maximum Gasteiger partial charge on any atom is 0.254 e. The van der Waals surface area contributed by atoms with Crippen molar-refractivity contribution in [1.82, 2.24) is 15.1 Å². The summed E-state index contributed by atoms with van der Waals surface area (Å²) >= 11 is 0. The quantitative estimate of drug-likeness (QED) is 0.765. The molecule has 0 aliphatic rings. The summed E-state index contributed by atoms with van der Waals surface area (Å²) in [7, 11) is 1.82. The third-order valence-corrected chi connectivity index (χ3v) is 3.15. The third kappa shape index (κ3) is 3.84. The van der Waals surface area contributed by atoms with Crippen LogP contribution in [0.2, 0.25) is 0 Å². The van der Waals surface area contributed by atoms with Gasteiger partial charge in [0, 0.05) is 26.4 Å².